The van der Waals surface area contributed by atoms with Crippen molar-refractivity contribution in [2.75, 3.05) is 7.11 Å². The maximum atomic E-state index is 5.75. The molecule has 0 aliphatic heterocycles. The summed E-state index contributed by atoms with van der Waals surface area (Å²) in [4.78, 5) is 0. The van der Waals surface area contributed by atoms with Crippen molar-refractivity contribution < 1.29 is 9.15 Å². The second-order valence-corrected chi connectivity index (χ2v) is 6.24. The van der Waals surface area contributed by atoms with Gasteiger partial charge in [-0.05, 0) is 54.8 Å². The van der Waals surface area contributed by atoms with Gasteiger partial charge < -0.3 is 9.15 Å². The Morgan fingerprint density at radius 3 is 2.48 bits per heavy atom. The van der Waals surface area contributed by atoms with E-state index in [2.05, 4.69) is 36.2 Å². The summed E-state index contributed by atoms with van der Waals surface area (Å²) in [6, 6.07) is 14.1. The average molecular weight is 326 g/mol. The lowest BCUT2D eigenvalue weighted by Crippen LogP contribution is -1.84. The van der Waals surface area contributed by atoms with E-state index in [1.807, 2.05) is 30.3 Å². The monoisotopic (exact) mass is 326 g/mol. The molecule has 3 aromatic rings. The molecule has 0 saturated heterocycles. The normalized spacial score (nSPS) is 10.7. The number of rotatable bonds is 5. The molecule has 0 spiro atoms. The second kappa shape index (κ2) is 6.87. The smallest absolute Gasteiger partial charge is 0.277 e. The Bertz CT molecular complexity index is 797. The van der Waals surface area contributed by atoms with Crippen LogP contribution in [0.25, 0.3) is 11.5 Å². The van der Waals surface area contributed by atoms with Crippen LogP contribution in [0.1, 0.15) is 16.7 Å². The van der Waals surface area contributed by atoms with Gasteiger partial charge in [0.1, 0.15) is 5.75 Å². The number of benzene rings is 2. The summed E-state index contributed by atoms with van der Waals surface area (Å²) in [6.07, 6.45) is 0. The van der Waals surface area contributed by atoms with E-state index in [4.69, 9.17) is 9.15 Å². The number of nitrogens with zero attached hydrogens (tertiary/aromatic N) is 2. The molecule has 0 bridgehead atoms. The first-order valence-electron chi connectivity index (χ1n) is 7.32. The Balaban J connectivity index is 1.67. The molecule has 23 heavy (non-hydrogen) atoms. The van der Waals surface area contributed by atoms with Crippen molar-refractivity contribution in [1.82, 2.24) is 10.2 Å². The van der Waals surface area contributed by atoms with E-state index < -0.39 is 0 Å². The van der Waals surface area contributed by atoms with E-state index >= 15 is 0 Å². The maximum Gasteiger partial charge on any atom is 0.277 e. The van der Waals surface area contributed by atoms with E-state index in [1.165, 1.54) is 28.5 Å². The third kappa shape index (κ3) is 3.74. The second-order valence-electron chi connectivity index (χ2n) is 5.31. The molecule has 0 radical (unpaired) electrons. The van der Waals surface area contributed by atoms with E-state index in [0.29, 0.717) is 11.1 Å². The zero-order valence-corrected chi connectivity index (χ0v) is 14.2. The molecule has 0 saturated carbocycles. The fraction of sp³-hybridized carbons (Fsp3) is 0.222. The lowest BCUT2D eigenvalue weighted by Gasteiger charge is -2.02. The summed E-state index contributed by atoms with van der Waals surface area (Å²) in [5.41, 5.74) is 4.61. The average Bonchev–Trinajstić information content (AvgIpc) is 3.05. The molecular weight excluding hydrogens is 308 g/mol. The highest BCUT2D eigenvalue weighted by atomic mass is 32.2. The Morgan fingerprint density at radius 1 is 1.00 bits per heavy atom. The number of aromatic nitrogens is 2. The third-order valence-corrected chi connectivity index (χ3v) is 4.57. The van der Waals surface area contributed by atoms with Crippen LogP contribution >= 0.6 is 11.8 Å². The van der Waals surface area contributed by atoms with Gasteiger partial charge in [0.05, 0.1) is 7.11 Å². The first-order valence-corrected chi connectivity index (χ1v) is 8.31. The molecule has 2 aromatic carbocycles. The summed E-state index contributed by atoms with van der Waals surface area (Å²) in [5, 5.41) is 8.83. The summed E-state index contributed by atoms with van der Waals surface area (Å²) in [6.45, 7) is 4.16. The minimum atomic E-state index is 0.560. The summed E-state index contributed by atoms with van der Waals surface area (Å²) >= 11 is 1.53. The van der Waals surface area contributed by atoms with Gasteiger partial charge in [-0.3, -0.25) is 0 Å². The highest BCUT2D eigenvalue weighted by Crippen LogP contribution is 2.27. The van der Waals surface area contributed by atoms with Crippen molar-refractivity contribution in [3.8, 4) is 17.2 Å². The highest BCUT2D eigenvalue weighted by molar-refractivity contribution is 7.98. The van der Waals surface area contributed by atoms with Crippen LogP contribution in [-0.2, 0) is 5.75 Å². The molecule has 0 fully saturated rings. The van der Waals surface area contributed by atoms with Gasteiger partial charge >= 0.3 is 0 Å². The van der Waals surface area contributed by atoms with Crippen LogP contribution in [0, 0.1) is 13.8 Å². The topological polar surface area (TPSA) is 48.2 Å². The molecule has 4 nitrogen and oxygen atoms in total. The van der Waals surface area contributed by atoms with Gasteiger partial charge in [0.15, 0.2) is 0 Å². The first-order chi connectivity index (χ1) is 11.2. The van der Waals surface area contributed by atoms with Crippen molar-refractivity contribution in [1.29, 1.82) is 0 Å². The lowest BCUT2D eigenvalue weighted by molar-refractivity contribution is 0.414. The van der Waals surface area contributed by atoms with Crippen molar-refractivity contribution in [2.45, 2.75) is 24.8 Å². The predicted molar refractivity (Wildman–Crippen MR) is 91.8 cm³/mol. The van der Waals surface area contributed by atoms with Gasteiger partial charge in [-0.1, -0.05) is 30.0 Å². The van der Waals surface area contributed by atoms with Crippen LogP contribution < -0.4 is 4.74 Å². The molecule has 0 N–H and O–H groups in total. The Kier molecular flexibility index (Phi) is 4.67. The van der Waals surface area contributed by atoms with Gasteiger partial charge in [0.25, 0.3) is 5.22 Å². The predicted octanol–water partition coefficient (Wildman–Crippen LogP) is 4.65. The molecule has 0 aliphatic rings. The molecule has 118 valence electrons. The Morgan fingerprint density at radius 2 is 1.78 bits per heavy atom. The molecule has 0 atom stereocenters. The van der Waals surface area contributed by atoms with Gasteiger partial charge in [0.2, 0.25) is 5.89 Å². The molecule has 0 aliphatic carbocycles. The van der Waals surface area contributed by atoms with Crippen molar-refractivity contribution in [3.05, 3.63) is 59.2 Å². The molecular formula is C18H18N2O2S. The molecule has 3 rings (SSSR count). The quantitative estimate of drug-likeness (QED) is 0.638. The zero-order valence-electron chi connectivity index (χ0n) is 13.4. The van der Waals surface area contributed by atoms with E-state index in [1.54, 1.807) is 7.11 Å². The van der Waals surface area contributed by atoms with Gasteiger partial charge in [-0.25, -0.2) is 0 Å². The lowest BCUT2D eigenvalue weighted by atomic mass is 10.1. The van der Waals surface area contributed by atoms with Gasteiger partial charge in [0, 0.05) is 11.3 Å². The SMILES string of the molecule is COc1ccc(CSc2nnc(-c3ccc(C)c(C)c3)o2)cc1. The van der Waals surface area contributed by atoms with Crippen molar-refractivity contribution >= 4 is 11.8 Å². The Hall–Kier alpha value is -2.27. The summed E-state index contributed by atoms with van der Waals surface area (Å²) in [5.74, 6) is 2.19. The number of hydrogen-bond acceptors (Lipinski definition) is 5. The van der Waals surface area contributed by atoms with Crippen LogP contribution in [0.5, 0.6) is 5.75 Å². The number of thioether (sulfide) groups is 1. The minimum absolute atomic E-state index is 0.560. The highest BCUT2D eigenvalue weighted by Gasteiger charge is 2.10. The van der Waals surface area contributed by atoms with E-state index in [0.717, 1.165) is 17.1 Å². The maximum absolute atomic E-state index is 5.75. The molecule has 0 amide bonds. The van der Waals surface area contributed by atoms with Crippen molar-refractivity contribution in [3.63, 3.8) is 0 Å². The number of aryl methyl sites for hydroxylation is 2. The first kappa shape index (κ1) is 15.6. The Labute approximate surface area is 139 Å². The summed E-state index contributed by atoms with van der Waals surface area (Å²) < 4.78 is 10.9. The van der Waals surface area contributed by atoms with Crippen LogP contribution in [0.15, 0.2) is 52.1 Å². The third-order valence-electron chi connectivity index (χ3n) is 3.68. The zero-order chi connectivity index (χ0) is 16.2. The summed E-state index contributed by atoms with van der Waals surface area (Å²) in [7, 11) is 1.66. The van der Waals surface area contributed by atoms with Crippen molar-refractivity contribution in [2.24, 2.45) is 0 Å². The molecule has 0 unspecified atom stereocenters. The van der Waals surface area contributed by atoms with Crippen LogP contribution in [0.4, 0.5) is 0 Å². The molecule has 5 heteroatoms. The number of ether oxygens (including phenoxy) is 1. The van der Waals surface area contributed by atoms with Crippen LogP contribution in [0.2, 0.25) is 0 Å². The van der Waals surface area contributed by atoms with E-state index in [-0.39, 0.29) is 0 Å². The van der Waals surface area contributed by atoms with Gasteiger partial charge in [-0.15, -0.1) is 10.2 Å². The molecule has 1 aromatic heterocycles. The fourth-order valence-corrected chi connectivity index (χ4v) is 2.85. The van der Waals surface area contributed by atoms with Gasteiger partial charge in [-0.2, -0.15) is 0 Å². The number of methoxy groups -OCH3 is 1. The fourth-order valence-electron chi connectivity index (χ4n) is 2.13. The minimum Gasteiger partial charge on any atom is -0.497 e. The largest absolute Gasteiger partial charge is 0.497 e. The van der Waals surface area contributed by atoms with E-state index in [9.17, 15) is 0 Å². The standard InChI is InChI=1S/C18H18N2O2S/c1-12-4-7-15(10-13(12)2)17-19-20-18(22-17)23-11-14-5-8-16(21-3)9-6-14/h4-10H,11H2,1-3H3. The van der Waals surface area contributed by atoms with Crippen LogP contribution in [-0.4, -0.2) is 17.3 Å². The molecule has 1 heterocycles. The van der Waals surface area contributed by atoms with Crippen LogP contribution in [0.3, 0.4) is 0 Å². The number of hydrogen-bond donors (Lipinski definition) is 0.